The van der Waals surface area contributed by atoms with Crippen molar-refractivity contribution in [2.45, 2.75) is 69.0 Å². The van der Waals surface area contributed by atoms with Gasteiger partial charge in [0.1, 0.15) is 5.82 Å². The maximum Gasteiger partial charge on any atom is 0.233 e. The van der Waals surface area contributed by atoms with Crippen molar-refractivity contribution in [2.24, 2.45) is 0 Å². The van der Waals surface area contributed by atoms with Crippen molar-refractivity contribution in [3.63, 3.8) is 0 Å². The fourth-order valence-electron chi connectivity index (χ4n) is 4.04. The zero-order valence-electron chi connectivity index (χ0n) is 16.0. The fourth-order valence-corrected chi connectivity index (χ4v) is 4.89. The Morgan fingerprint density at radius 3 is 2.52 bits per heavy atom. The van der Waals surface area contributed by atoms with Crippen molar-refractivity contribution in [3.05, 3.63) is 36.2 Å². The van der Waals surface area contributed by atoms with Crippen molar-refractivity contribution < 1.29 is 4.79 Å². The first-order valence-corrected chi connectivity index (χ1v) is 11.2. The number of carbonyl (C=O) groups excluding carboxylic acids is 1. The minimum atomic E-state index is 0.227. The molecule has 1 aromatic carbocycles. The number of para-hydroxylation sites is 1. The zero-order chi connectivity index (χ0) is 18.6. The maximum atomic E-state index is 12.9. The van der Waals surface area contributed by atoms with Gasteiger partial charge >= 0.3 is 0 Å². The molecule has 2 aliphatic rings. The van der Waals surface area contributed by atoms with Gasteiger partial charge in [0.05, 0.1) is 5.75 Å². The summed E-state index contributed by atoms with van der Waals surface area (Å²) >= 11 is 1.52. The van der Waals surface area contributed by atoms with E-state index in [4.69, 9.17) is 0 Å². The highest BCUT2D eigenvalue weighted by atomic mass is 32.2. The number of aromatic nitrogens is 3. The van der Waals surface area contributed by atoms with E-state index in [1.54, 1.807) is 0 Å². The first kappa shape index (κ1) is 18.5. The Labute approximate surface area is 165 Å². The lowest BCUT2D eigenvalue weighted by Crippen LogP contribution is -2.42. The van der Waals surface area contributed by atoms with Crippen LogP contribution in [-0.4, -0.2) is 43.9 Å². The molecule has 27 heavy (non-hydrogen) atoms. The predicted octanol–water partition coefficient (Wildman–Crippen LogP) is 4.42. The second-order valence-corrected chi connectivity index (χ2v) is 8.49. The molecule has 5 nitrogen and oxygen atoms in total. The number of amides is 1. The van der Waals surface area contributed by atoms with Gasteiger partial charge in [0, 0.05) is 24.2 Å². The smallest absolute Gasteiger partial charge is 0.233 e. The first-order valence-electron chi connectivity index (χ1n) is 10.2. The van der Waals surface area contributed by atoms with E-state index in [1.165, 1.54) is 43.9 Å². The molecule has 0 aliphatic heterocycles. The monoisotopic (exact) mass is 384 g/mol. The minimum absolute atomic E-state index is 0.227. The fraction of sp³-hybridized carbons (Fsp3) is 0.571. The summed E-state index contributed by atoms with van der Waals surface area (Å²) in [7, 11) is 0. The molecule has 2 aliphatic carbocycles. The molecule has 2 fully saturated rings. The van der Waals surface area contributed by atoms with Gasteiger partial charge in [-0.15, -0.1) is 10.2 Å². The van der Waals surface area contributed by atoms with Crippen LogP contribution >= 0.6 is 11.8 Å². The molecule has 1 amide bonds. The van der Waals surface area contributed by atoms with Crippen molar-refractivity contribution >= 4 is 17.7 Å². The Hall–Kier alpha value is -1.82. The summed E-state index contributed by atoms with van der Waals surface area (Å²) in [6.45, 7) is 2.89. The van der Waals surface area contributed by atoms with Crippen LogP contribution in [0.2, 0.25) is 0 Å². The van der Waals surface area contributed by atoms with Crippen LogP contribution in [0, 0.1) is 0 Å². The maximum absolute atomic E-state index is 12.9. The van der Waals surface area contributed by atoms with Crippen molar-refractivity contribution in [1.82, 2.24) is 19.7 Å². The third-order valence-electron chi connectivity index (χ3n) is 5.62. The van der Waals surface area contributed by atoms with Crippen LogP contribution in [0.5, 0.6) is 0 Å². The largest absolute Gasteiger partial charge is 0.339 e. The predicted molar refractivity (Wildman–Crippen MR) is 108 cm³/mol. The lowest BCUT2D eigenvalue weighted by Gasteiger charge is -2.33. The topological polar surface area (TPSA) is 51.0 Å². The molecule has 0 unspecified atom stereocenters. The van der Waals surface area contributed by atoms with Crippen LogP contribution < -0.4 is 0 Å². The summed E-state index contributed by atoms with van der Waals surface area (Å²) in [4.78, 5) is 15.0. The minimum Gasteiger partial charge on any atom is -0.339 e. The molecule has 1 aromatic heterocycles. The summed E-state index contributed by atoms with van der Waals surface area (Å²) in [6, 6.07) is 10.7. The Kier molecular flexibility index (Phi) is 5.81. The second kappa shape index (κ2) is 8.46. The average Bonchev–Trinajstić information content (AvgIpc) is 3.48. The molecule has 6 heteroatoms. The molecule has 0 N–H and O–H groups in total. The summed E-state index contributed by atoms with van der Waals surface area (Å²) in [5.41, 5.74) is 1.08. The highest BCUT2D eigenvalue weighted by molar-refractivity contribution is 7.99. The van der Waals surface area contributed by atoms with Gasteiger partial charge in [-0.1, -0.05) is 49.2 Å². The highest BCUT2D eigenvalue weighted by Gasteiger charge is 2.31. The molecule has 0 atom stereocenters. The summed E-state index contributed by atoms with van der Waals surface area (Å²) in [5, 5.41) is 9.71. The van der Waals surface area contributed by atoms with Crippen LogP contribution in [-0.2, 0) is 4.79 Å². The third kappa shape index (κ3) is 4.21. The summed E-state index contributed by atoms with van der Waals surface area (Å²) < 4.78 is 2.15. The number of benzene rings is 1. The van der Waals surface area contributed by atoms with Gasteiger partial charge in [-0.05, 0) is 44.7 Å². The van der Waals surface area contributed by atoms with Crippen LogP contribution in [0.3, 0.4) is 0 Å². The van der Waals surface area contributed by atoms with Crippen LogP contribution in [0.4, 0.5) is 0 Å². The highest BCUT2D eigenvalue weighted by Crippen LogP contribution is 2.41. The van der Waals surface area contributed by atoms with E-state index < -0.39 is 0 Å². The standard InChI is InChI=1S/C21H28N4OS/c1-2-24(17-9-5-3-6-10-17)19(26)15-27-21-23-22-20(16-13-14-16)25(21)18-11-7-4-8-12-18/h4,7-8,11-12,16-17H,2-3,5-6,9-10,13-15H2,1H3. The van der Waals surface area contributed by atoms with Gasteiger partial charge in [0.2, 0.25) is 5.91 Å². The Balaban J connectivity index is 1.48. The van der Waals surface area contributed by atoms with E-state index >= 15 is 0 Å². The summed E-state index contributed by atoms with van der Waals surface area (Å²) in [5.74, 6) is 2.21. The molecular weight excluding hydrogens is 356 g/mol. The van der Waals surface area contributed by atoms with Crippen LogP contribution in [0.1, 0.15) is 63.6 Å². The van der Waals surface area contributed by atoms with Crippen LogP contribution in [0.15, 0.2) is 35.5 Å². The van der Waals surface area contributed by atoms with E-state index in [2.05, 4.69) is 38.7 Å². The Bertz CT molecular complexity index is 766. The van der Waals surface area contributed by atoms with E-state index in [9.17, 15) is 4.79 Å². The zero-order valence-corrected chi connectivity index (χ0v) is 16.8. The quantitative estimate of drug-likeness (QED) is 0.663. The van der Waals surface area contributed by atoms with E-state index in [-0.39, 0.29) is 5.91 Å². The third-order valence-corrected chi connectivity index (χ3v) is 6.53. The van der Waals surface area contributed by atoms with Gasteiger partial charge in [-0.3, -0.25) is 9.36 Å². The molecule has 2 saturated carbocycles. The van der Waals surface area contributed by atoms with Crippen LogP contribution in [0.25, 0.3) is 5.69 Å². The van der Waals surface area contributed by atoms with Gasteiger partial charge in [-0.25, -0.2) is 0 Å². The SMILES string of the molecule is CCN(C(=O)CSc1nnc(C2CC2)n1-c1ccccc1)C1CCCCC1. The van der Waals surface area contributed by atoms with E-state index in [1.807, 2.05) is 18.2 Å². The first-order chi connectivity index (χ1) is 13.3. The molecule has 1 heterocycles. The Morgan fingerprint density at radius 2 is 1.85 bits per heavy atom. The number of rotatable bonds is 7. The van der Waals surface area contributed by atoms with Crippen molar-refractivity contribution in [1.29, 1.82) is 0 Å². The Morgan fingerprint density at radius 1 is 1.11 bits per heavy atom. The normalized spacial score (nSPS) is 17.8. The second-order valence-electron chi connectivity index (χ2n) is 7.55. The number of nitrogens with zero attached hydrogens (tertiary/aromatic N) is 4. The molecule has 0 spiro atoms. The summed E-state index contributed by atoms with van der Waals surface area (Å²) in [6.07, 6.45) is 8.46. The van der Waals surface area contributed by atoms with Gasteiger partial charge < -0.3 is 4.90 Å². The molecule has 0 bridgehead atoms. The van der Waals surface area contributed by atoms with Crippen molar-refractivity contribution in [3.8, 4) is 5.69 Å². The van der Waals surface area contributed by atoms with Crippen molar-refractivity contribution in [2.75, 3.05) is 12.3 Å². The molecular formula is C21H28N4OS. The lowest BCUT2D eigenvalue weighted by atomic mass is 9.94. The lowest BCUT2D eigenvalue weighted by molar-refractivity contribution is -0.131. The molecule has 2 aromatic rings. The van der Waals surface area contributed by atoms with E-state index in [0.29, 0.717) is 17.7 Å². The molecule has 4 rings (SSSR count). The average molecular weight is 385 g/mol. The number of hydrogen-bond donors (Lipinski definition) is 0. The molecule has 0 radical (unpaired) electrons. The number of thioether (sulfide) groups is 1. The number of hydrogen-bond acceptors (Lipinski definition) is 4. The molecule has 144 valence electrons. The van der Waals surface area contributed by atoms with Gasteiger partial charge in [0.15, 0.2) is 5.16 Å². The van der Waals surface area contributed by atoms with Gasteiger partial charge in [-0.2, -0.15) is 0 Å². The molecule has 0 saturated heterocycles. The van der Waals surface area contributed by atoms with E-state index in [0.717, 1.165) is 36.1 Å². The number of carbonyl (C=O) groups is 1. The van der Waals surface area contributed by atoms with Gasteiger partial charge in [0.25, 0.3) is 0 Å².